The summed E-state index contributed by atoms with van der Waals surface area (Å²) in [5.74, 6) is 1.47. The van der Waals surface area contributed by atoms with Gasteiger partial charge in [0.15, 0.2) is 11.6 Å². The maximum absolute atomic E-state index is 6.70. The maximum Gasteiger partial charge on any atom is 0.158 e. The van der Waals surface area contributed by atoms with Crippen molar-refractivity contribution in [2.45, 2.75) is 70.7 Å². The molecule has 6 nitrogen and oxygen atoms in total. The van der Waals surface area contributed by atoms with Gasteiger partial charge < -0.3 is 21.3 Å². The van der Waals surface area contributed by atoms with Crippen molar-refractivity contribution in [2.24, 2.45) is 0 Å². The van der Waals surface area contributed by atoms with Crippen LogP contribution in [0.4, 0.5) is 17.3 Å². The quantitative estimate of drug-likeness (QED) is 0.477. The Morgan fingerprint density at radius 3 is 1.91 bits per heavy atom. The molecular weight excluding hydrogens is 408 g/mol. The Bertz CT molecular complexity index is 991. The van der Waals surface area contributed by atoms with Crippen LogP contribution in [0.3, 0.4) is 0 Å². The standard InChI is InChI=1S/C27H36N6/c1-26(2)15-22(16-27(3,4)32-26)31-24-23(28)25(30-19-29-24)33(17-20-11-7-5-8-12-20)18-21-13-9-6-10-14-21/h5-14,19,22,32H,15-18,28H2,1-4H3,(H,29,30,31). The summed E-state index contributed by atoms with van der Waals surface area (Å²) in [6.07, 6.45) is 3.61. The lowest BCUT2D eigenvalue weighted by Crippen LogP contribution is -2.60. The lowest BCUT2D eigenvalue weighted by atomic mass is 9.79. The van der Waals surface area contributed by atoms with Crippen LogP contribution >= 0.6 is 0 Å². The lowest BCUT2D eigenvalue weighted by molar-refractivity contribution is 0.170. The molecule has 1 aliphatic heterocycles. The van der Waals surface area contributed by atoms with Crippen molar-refractivity contribution in [3.63, 3.8) is 0 Å². The van der Waals surface area contributed by atoms with E-state index in [9.17, 15) is 0 Å². The van der Waals surface area contributed by atoms with Gasteiger partial charge in [0.05, 0.1) is 0 Å². The second-order valence-electron chi connectivity index (χ2n) is 10.4. The molecule has 4 rings (SSSR count). The molecule has 0 saturated carbocycles. The molecule has 0 bridgehead atoms. The van der Waals surface area contributed by atoms with Gasteiger partial charge in [-0.2, -0.15) is 0 Å². The van der Waals surface area contributed by atoms with Crippen LogP contribution in [0, 0.1) is 0 Å². The molecule has 1 fully saturated rings. The largest absolute Gasteiger partial charge is 0.393 e. The number of nitrogen functional groups attached to an aromatic ring is 1. The average Bonchev–Trinajstić information content (AvgIpc) is 2.74. The summed E-state index contributed by atoms with van der Waals surface area (Å²) in [5, 5.41) is 7.37. The monoisotopic (exact) mass is 444 g/mol. The number of hydrogen-bond donors (Lipinski definition) is 3. The van der Waals surface area contributed by atoms with Crippen LogP contribution < -0.4 is 21.3 Å². The highest BCUT2D eigenvalue weighted by Crippen LogP contribution is 2.34. The van der Waals surface area contributed by atoms with E-state index < -0.39 is 0 Å². The third kappa shape index (κ3) is 6.02. The summed E-state index contributed by atoms with van der Waals surface area (Å²) < 4.78 is 0. The first-order chi connectivity index (χ1) is 15.7. The Morgan fingerprint density at radius 1 is 0.879 bits per heavy atom. The number of aromatic nitrogens is 2. The van der Waals surface area contributed by atoms with Gasteiger partial charge in [0.25, 0.3) is 0 Å². The van der Waals surface area contributed by atoms with Crippen LogP contribution in [-0.2, 0) is 13.1 Å². The van der Waals surface area contributed by atoms with Crippen LogP contribution in [0.25, 0.3) is 0 Å². The minimum Gasteiger partial charge on any atom is -0.393 e. The Morgan fingerprint density at radius 2 is 1.39 bits per heavy atom. The number of nitrogens with one attached hydrogen (secondary N) is 2. The molecule has 0 radical (unpaired) electrons. The molecule has 2 heterocycles. The van der Waals surface area contributed by atoms with Crippen molar-refractivity contribution in [1.29, 1.82) is 0 Å². The number of hydrogen-bond acceptors (Lipinski definition) is 6. The summed E-state index contributed by atoms with van der Waals surface area (Å²) >= 11 is 0. The van der Waals surface area contributed by atoms with E-state index in [1.165, 1.54) is 11.1 Å². The van der Waals surface area contributed by atoms with Crippen molar-refractivity contribution >= 4 is 17.3 Å². The number of benzene rings is 2. The van der Waals surface area contributed by atoms with Gasteiger partial charge in [0.2, 0.25) is 0 Å². The summed E-state index contributed by atoms with van der Waals surface area (Å²) in [6.45, 7) is 10.4. The highest BCUT2D eigenvalue weighted by atomic mass is 15.2. The molecular formula is C27H36N6. The molecule has 6 heteroatoms. The molecule has 0 amide bonds. The normalized spacial score (nSPS) is 17.5. The summed E-state index contributed by atoms with van der Waals surface area (Å²) in [4.78, 5) is 11.4. The van der Waals surface area contributed by atoms with E-state index in [4.69, 9.17) is 5.73 Å². The predicted octanol–water partition coefficient (Wildman–Crippen LogP) is 4.99. The third-order valence-corrected chi connectivity index (χ3v) is 6.13. The molecule has 4 N–H and O–H groups in total. The summed E-state index contributed by atoms with van der Waals surface area (Å²) in [5.41, 5.74) is 9.79. The molecule has 0 aliphatic carbocycles. The zero-order valence-electron chi connectivity index (χ0n) is 20.2. The van der Waals surface area contributed by atoms with Crippen molar-refractivity contribution in [2.75, 3.05) is 16.0 Å². The van der Waals surface area contributed by atoms with Gasteiger partial charge in [0, 0.05) is 30.2 Å². The highest BCUT2D eigenvalue weighted by molar-refractivity contribution is 5.75. The van der Waals surface area contributed by atoms with Crippen molar-refractivity contribution in [1.82, 2.24) is 15.3 Å². The molecule has 0 unspecified atom stereocenters. The van der Waals surface area contributed by atoms with Gasteiger partial charge in [-0.05, 0) is 51.7 Å². The van der Waals surface area contributed by atoms with E-state index in [2.05, 4.69) is 102 Å². The van der Waals surface area contributed by atoms with Gasteiger partial charge >= 0.3 is 0 Å². The van der Waals surface area contributed by atoms with Crippen molar-refractivity contribution < 1.29 is 0 Å². The van der Waals surface area contributed by atoms with Crippen LogP contribution in [0.15, 0.2) is 67.0 Å². The Balaban J connectivity index is 1.62. The van der Waals surface area contributed by atoms with Gasteiger partial charge in [-0.1, -0.05) is 60.7 Å². The summed E-state index contributed by atoms with van der Waals surface area (Å²) in [6, 6.07) is 21.1. The maximum atomic E-state index is 6.70. The first kappa shape index (κ1) is 23.1. The number of anilines is 3. The SMILES string of the molecule is CC1(C)CC(Nc2ncnc(N(Cc3ccccc3)Cc3ccccc3)c2N)CC(C)(C)N1. The lowest BCUT2D eigenvalue weighted by Gasteiger charge is -2.46. The fraction of sp³-hybridized carbons (Fsp3) is 0.407. The smallest absolute Gasteiger partial charge is 0.158 e. The second kappa shape index (κ2) is 9.40. The Hall–Kier alpha value is -3.12. The molecule has 1 saturated heterocycles. The van der Waals surface area contributed by atoms with Gasteiger partial charge in [0.1, 0.15) is 12.0 Å². The second-order valence-corrected chi connectivity index (χ2v) is 10.4. The number of piperidine rings is 1. The van der Waals surface area contributed by atoms with E-state index in [1.807, 2.05) is 12.1 Å². The minimum absolute atomic E-state index is 0.0384. The van der Waals surface area contributed by atoms with Crippen LogP contribution in [0.1, 0.15) is 51.7 Å². The molecule has 0 atom stereocenters. The Kier molecular flexibility index (Phi) is 6.56. The minimum atomic E-state index is 0.0384. The average molecular weight is 445 g/mol. The van der Waals surface area contributed by atoms with Crippen molar-refractivity contribution in [3.05, 3.63) is 78.1 Å². The first-order valence-corrected chi connectivity index (χ1v) is 11.7. The molecule has 1 aromatic heterocycles. The molecule has 3 aromatic rings. The molecule has 0 spiro atoms. The fourth-order valence-electron chi connectivity index (χ4n) is 5.18. The third-order valence-electron chi connectivity index (χ3n) is 6.13. The van der Waals surface area contributed by atoms with Crippen LogP contribution in [0.2, 0.25) is 0 Å². The molecule has 33 heavy (non-hydrogen) atoms. The first-order valence-electron chi connectivity index (χ1n) is 11.7. The molecule has 174 valence electrons. The predicted molar refractivity (Wildman–Crippen MR) is 137 cm³/mol. The van der Waals surface area contributed by atoms with Gasteiger partial charge in [-0.3, -0.25) is 0 Å². The number of nitrogens with two attached hydrogens (primary N) is 1. The van der Waals surface area contributed by atoms with Gasteiger partial charge in [-0.25, -0.2) is 9.97 Å². The zero-order valence-corrected chi connectivity index (χ0v) is 20.2. The van der Waals surface area contributed by atoms with Gasteiger partial charge in [-0.15, -0.1) is 0 Å². The highest BCUT2D eigenvalue weighted by Gasteiger charge is 2.38. The number of rotatable bonds is 7. The van der Waals surface area contributed by atoms with E-state index in [0.717, 1.165) is 18.7 Å². The van der Waals surface area contributed by atoms with Crippen molar-refractivity contribution in [3.8, 4) is 0 Å². The van der Waals surface area contributed by atoms with E-state index >= 15 is 0 Å². The topological polar surface area (TPSA) is 79.1 Å². The zero-order chi connectivity index (χ0) is 23.5. The number of nitrogens with zero attached hydrogens (tertiary/aromatic N) is 3. The van der Waals surface area contributed by atoms with E-state index in [1.54, 1.807) is 6.33 Å². The van der Waals surface area contributed by atoms with E-state index in [0.29, 0.717) is 24.6 Å². The van der Waals surface area contributed by atoms with Crippen LogP contribution in [-0.4, -0.2) is 27.1 Å². The molecule has 2 aromatic carbocycles. The van der Waals surface area contributed by atoms with E-state index in [-0.39, 0.29) is 17.1 Å². The van der Waals surface area contributed by atoms with Crippen LogP contribution in [0.5, 0.6) is 0 Å². The summed E-state index contributed by atoms with van der Waals surface area (Å²) in [7, 11) is 0. The fourth-order valence-corrected chi connectivity index (χ4v) is 5.18. The molecule has 1 aliphatic rings. The Labute approximate surface area is 197 Å².